The van der Waals surface area contributed by atoms with E-state index in [9.17, 15) is 4.79 Å². The summed E-state index contributed by atoms with van der Waals surface area (Å²) in [6, 6.07) is 10.0. The van der Waals surface area contributed by atoms with E-state index in [0.717, 1.165) is 22.6 Å². The first-order valence-corrected chi connectivity index (χ1v) is 8.03. The Bertz CT molecular complexity index is 725. The van der Waals surface area contributed by atoms with Gasteiger partial charge in [-0.3, -0.25) is 0 Å². The van der Waals surface area contributed by atoms with Crippen LogP contribution in [0.15, 0.2) is 36.4 Å². The third kappa shape index (κ3) is 4.72. The van der Waals surface area contributed by atoms with Gasteiger partial charge in [-0.25, -0.2) is 9.48 Å². The van der Waals surface area contributed by atoms with Gasteiger partial charge in [-0.2, -0.15) is 5.10 Å². The number of hydrogen-bond acceptors (Lipinski definition) is 3. The summed E-state index contributed by atoms with van der Waals surface area (Å²) in [7, 11) is 0. The van der Waals surface area contributed by atoms with Gasteiger partial charge in [0, 0.05) is 17.8 Å². The van der Waals surface area contributed by atoms with Crippen molar-refractivity contribution in [1.29, 1.82) is 0 Å². The number of aromatic nitrogens is 2. The Balaban J connectivity index is 2.03. The minimum absolute atomic E-state index is 0.407. The van der Waals surface area contributed by atoms with Gasteiger partial charge in [0.15, 0.2) is 0 Å². The van der Waals surface area contributed by atoms with E-state index in [1.54, 1.807) is 0 Å². The number of hydrogen-bond donors (Lipinski definition) is 1. The maximum Gasteiger partial charge on any atom is 0.407 e. The van der Waals surface area contributed by atoms with Crippen molar-refractivity contribution in [3.05, 3.63) is 53.4 Å². The molecular weight excluding hydrogens is 302 g/mol. The van der Waals surface area contributed by atoms with Crippen LogP contribution < -0.4 is 5.32 Å². The molecule has 128 valence electrons. The molecule has 0 radical (unpaired) electrons. The zero-order valence-electron chi connectivity index (χ0n) is 15.0. The molecule has 1 N–H and O–H groups in total. The molecule has 2 aromatic rings. The van der Waals surface area contributed by atoms with E-state index >= 15 is 0 Å². The molecule has 0 unspecified atom stereocenters. The monoisotopic (exact) mass is 327 g/mol. The van der Waals surface area contributed by atoms with Gasteiger partial charge < -0.3 is 10.1 Å². The van der Waals surface area contributed by atoms with Gasteiger partial charge in [-0.1, -0.05) is 30.4 Å². The number of ether oxygens (including phenoxy) is 1. The molecule has 0 fully saturated rings. The van der Waals surface area contributed by atoms with Gasteiger partial charge in [-0.05, 0) is 46.8 Å². The van der Waals surface area contributed by atoms with Crippen LogP contribution in [0.25, 0.3) is 11.8 Å². The molecule has 1 aromatic heterocycles. The third-order valence-corrected chi connectivity index (χ3v) is 3.40. The van der Waals surface area contributed by atoms with E-state index in [1.165, 1.54) is 0 Å². The maximum absolute atomic E-state index is 11.6. The molecule has 0 bridgehead atoms. The molecular formula is C19H25N3O2. The predicted octanol–water partition coefficient (Wildman–Crippen LogP) is 4.03. The quantitative estimate of drug-likeness (QED) is 0.922. The zero-order chi connectivity index (χ0) is 17.7. The Morgan fingerprint density at radius 1 is 1.25 bits per heavy atom. The van der Waals surface area contributed by atoms with E-state index in [4.69, 9.17) is 4.74 Å². The first-order chi connectivity index (χ1) is 11.3. The molecule has 0 aliphatic rings. The number of benzene rings is 1. The minimum Gasteiger partial charge on any atom is -0.444 e. The zero-order valence-corrected chi connectivity index (χ0v) is 15.0. The average Bonchev–Trinajstić information content (AvgIpc) is 2.78. The van der Waals surface area contributed by atoms with Crippen molar-refractivity contribution in [2.45, 2.75) is 40.2 Å². The van der Waals surface area contributed by atoms with E-state index in [0.29, 0.717) is 6.54 Å². The molecule has 0 saturated carbocycles. The maximum atomic E-state index is 11.6. The molecule has 5 heteroatoms. The highest BCUT2D eigenvalue weighted by Crippen LogP contribution is 2.18. The third-order valence-electron chi connectivity index (χ3n) is 3.40. The van der Waals surface area contributed by atoms with Crippen LogP contribution in [0.4, 0.5) is 4.79 Å². The Hall–Kier alpha value is -2.56. The van der Waals surface area contributed by atoms with Crippen LogP contribution in [0.3, 0.4) is 0 Å². The summed E-state index contributed by atoms with van der Waals surface area (Å²) < 4.78 is 7.13. The average molecular weight is 327 g/mol. The number of carbonyl (C=O) groups is 1. The Labute approximate surface area is 143 Å². The van der Waals surface area contributed by atoms with Crippen molar-refractivity contribution in [1.82, 2.24) is 15.1 Å². The molecule has 1 amide bonds. The summed E-state index contributed by atoms with van der Waals surface area (Å²) in [5.41, 5.74) is 3.62. The molecule has 24 heavy (non-hydrogen) atoms. The summed E-state index contributed by atoms with van der Waals surface area (Å²) in [5, 5.41) is 7.31. The van der Waals surface area contributed by atoms with Crippen LogP contribution in [-0.4, -0.2) is 28.0 Å². The number of rotatable bonds is 4. The lowest BCUT2D eigenvalue weighted by molar-refractivity contribution is 0.0534. The number of para-hydroxylation sites is 1. The topological polar surface area (TPSA) is 56.2 Å². The molecule has 5 nitrogen and oxygen atoms in total. The smallest absolute Gasteiger partial charge is 0.407 e. The summed E-state index contributed by atoms with van der Waals surface area (Å²) in [6.45, 7) is 9.94. The fourth-order valence-electron chi connectivity index (χ4n) is 2.35. The standard InChI is InChI=1S/C19H25N3O2/c1-14-17(12-9-13-20-18(23)24-19(3,4)5)15(2)22(21-14)16-10-7-6-8-11-16/h6-12H,13H2,1-5H3,(H,20,23). The van der Waals surface area contributed by atoms with Crippen LogP contribution in [0.2, 0.25) is 0 Å². The molecule has 1 heterocycles. The van der Waals surface area contributed by atoms with Crippen LogP contribution in [0, 0.1) is 13.8 Å². The van der Waals surface area contributed by atoms with Gasteiger partial charge in [-0.15, -0.1) is 0 Å². The van der Waals surface area contributed by atoms with E-state index in [-0.39, 0.29) is 0 Å². The van der Waals surface area contributed by atoms with Crippen molar-refractivity contribution in [2.24, 2.45) is 0 Å². The summed E-state index contributed by atoms with van der Waals surface area (Å²) >= 11 is 0. The molecule has 0 aliphatic heterocycles. The molecule has 0 saturated heterocycles. The predicted molar refractivity (Wildman–Crippen MR) is 96.3 cm³/mol. The summed E-state index contributed by atoms with van der Waals surface area (Å²) in [4.78, 5) is 11.6. The second kappa shape index (κ2) is 7.34. The normalized spacial score (nSPS) is 11.7. The second-order valence-corrected chi connectivity index (χ2v) is 6.62. The lowest BCUT2D eigenvalue weighted by atomic mass is 10.2. The van der Waals surface area contributed by atoms with Crippen molar-refractivity contribution in [3.8, 4) is 5.69 Å². The largest absolute Gasteiger partial charge is 0.444 e. The molecule has 0 atom stereocenters. The number of carbonyl (C=O) groups excluding carboxylic acids is 1. The first-order valence-electron chi connectivity index (χ1n) is 8.03. The van der Waals surface area contributed by atoms with E-state index < -0.39 is 11.7 Å². The van der Waals surface area contributed by atoms with E-state index in [1.807, 2.05) is 81.8 Å². The number of nitrogens with one attached hydrogen (secondary N) is 1. The molecule has 2 rings (SSSR count). The Kier molecular flexibility index (Phi) is 5.44. The minimum atomic E-state index is -0.488. The fraction of sp³-hybridized carbons (Fsp3) is 0.368. The number of aryl methyl sites for hydroxylation is 1. The summed E-state index contributed by atoms with van der Waals surface area (Å²) in [6.07, 6.45) is 3.46. The van der Waals surface area contributed by atoms with Crippen molar-refractivity contribution in [2.75, 3.05) is 6.54 Å². The van der Waals surface area contributed by atoms with Crippen molar-refractivity contribution in [3.63, 3.8) is 0 Å². The van der Waals surface area contributed by atoms with Gasteiger partial charge in [0.1, 0.15) is 5.60 Å². The second-order valence-electron chi connectivity index (χ2n) is 6.62. The SMILES string of the molecule is Cc1nn(-c2ccccc2)c(C)c1C=CCNC(=O)OC(C)(C)C. The molecule has 0 spiro atoms. The number of amides is 1. The van der Waals surface area contributed by atoms with Crippen LogP contribution >= 0.6 is 0 Å². The van der Waals surface area contributed by atoms with Crippen molar-refractivity contribution < 1.29 is 9.53 Å². The van der Waals surface area contributed by atoms with E-state index in [2.05, 4.69) is 10.4 Å². The van der Waals surface area contributed by atoms with Gasteiger partial charge >= 0.3 is 6.09 Å². The number of nitrogens with zero attached hydrogens (tertiary/aromatic N) is 2. The van der Waals surface area contributed by atoms with Crippen LogP contribution in [0.1, 0.15) is 37.7 Å². The van der Waals surface area contributed by atoms with Crippen LogP contribution in [0.5, 0.6) is 0 Å². The lowest BCUT2D eigenvalue weighted by Crippen LogP contribution is -2.32. The Morgan fingerprint density at radius 3 is 2.54 bits per heavy atom. The highest BCUT2D eigenvalue weighted by atomic mass is 16.6. The first kappa shape index (κ1) is 17.8. The number of alkyl carbamates (subject to hydrolysis) is 1. The van der Waals surface area contributed by atoms with Gasteiger partial charge in [0.25, 0.3) is 0 Å². The van der Waals surface area contributed by atoms with Gasteiger partial charge in [0.2, 0.25) is 0 Å². The van der Waals surface area contributed by atoms with Crippen molar-refractivity contribution >= 4 is 12.2 Å². The highest BCUT2D eigenvalue weighted by molar-refractivity contribution is 5.68. The molecule has 0 aliphatic carbocycles. The lowest BCUT2D eigenvalue weighted by Gasteiger charge is -2.19. The van der Waals surface area contributed by atoms with Gasteiger partial charge in [0.05, 0.1) is 11.4 Å². The summed E-state index contributed by atoms with van der Waals surface area (Å²) in [5.74, 6) is 0. The highest BCUT2D eigenvalue weighted by Gasteiger charge is 2.15. The Morgan fingerprint density at radius 2 is 1.92 bits per heavy atom. The van der Waals surface area contributed by atoms with Crippen LogP contribution in [-0.2, 0) is 4.74 Å². The molecule has 1 aromatic carbocycles. The fourth-order valence-corrected chi connectivity index (χ4v) is 2.35.